The maximum atomic E-state index is 9.05. The number of hydrogen-bond donors (Lipinski definition) is 1. The van der Waals surface area contributed by atoms with E-state index in [1.54, 1.807) is 0 Å². The smallest absolute Gasteiger partial charge is 0.129 e. The Labute approximate surface area is 206 Å². The molecular weight excluding hydrogens is 438 g/mol. The lowest BCUT2D eigenvalue weighted by Crippen LogP contribution is -2.28. The van der Waals surface area contributed by atoms with Crippen LogP contribution in [0.1, 0.15) is 35.2 Å². The standard InChI is InChI=1S/C28H31N5S/c1-20-7-12-24-25(5-3-6-26(24)31-20)27(30)32(2)19-34-14-4-13-33-17-23-15-28(23,18-33)22-10-8-21(16-29)9-11-22/h3,5-12,23,30H,4,13-15,17-19H2,1-2H3/t23-,28+/m1/s1. The van der Waals surface area contributed by atoms with Gasteiger partial charge in [0.15, 0.2) is 0 Å². The maximum absolute atomic E-state index is 9.05. The number of thioether (sulfide) groups is 1. The zero-order valence-corrected chi connectivity index (χ0v) is 20.7. The monoisotopic (exact) mass is 469 g/mol. The van der Waals surface area contributed by atoms with Crippen LogP contribution in [0.5, 0.6) is 0 Å². The summed E-state index contributed by atoms with van der Waals surface area (Å²) in [5, 5.41) is 18.8. The normalized spacial score (nSPS) is 21.3. The van der Waals surface area contributed by atoms with Gasteiger partial charge in [-0.1, -0.05) is 30.3 Å². The van der Waals surface area contributed by atoms with E-state index in [-0.39, 0.29) is 0 Å². The topological polar surface area (TPSA) is 67.0 Å². The van der Waals surface area contributed by atoms with Gasteiger partial charge >= 0.3 is 0 Å². The van der Waals surface area contributed by atoms with E-state index in [1.165, 1.54) is 24.9 Å². The summed E-state index contributed by atoms with van der Waals surface area (Å²) in [7, 11) is 2.01. The average Bonchev–Trinajstić information content (AvgIpc) is 3.43. The first kappa shape index (κ1) is 22.9. The molecule has 174 valence electrons. The molecule has 2 aliphatic rings. The zero-order chi connectivity index (χ0) is 23.7. The average molecular weight is 470 g/mol. The van der Waals surface area contributed by atoms with Gasteiger partial charge in [-0.25, -0.2) is 0 Å². The van der Waals surface area contributed by atoms with Crippen LogP contribution in [-0.4, -0.2) is 58.9 Å². The predicted octanol–water partition coefficient (Wildman–Crippen LogP) is 5.03. The summed E-state index contributed by atoms with van der Waals surface area (Å²) < 4.78 is 0. The van der Waals surface area contributed by atoms with Crippen LogP contribution >= 0.6 is 11.8 Å². The van der Waals surface area contributed by atoms with E-state index in [2.05, 4.69) is 34.2 Å². The summed E-state index contributed by atoms with van der Waals surface area (Å²) in [4.78, 5) is 9.25. The number of pyridine rings is 1. The number of nitriles is 1. The lowest BCUT2D eigenvalue weighted by molar-refractivity contribution is 0.299. The Morgan fingerprint density at radius 2 is 2.06 bits per heavy atom. The minimum atomic E-state index is 0.336. The lowest BCUT2D eigenvalue weighted by Gasteiger charge is -2.22. The first-order chi connectivity index (χ1) is 16.5. The van der Waals surface area contributed by atoms with Crippen molar-refractivity contribution in [1.29, 1.82) is 10.7 Å². The van der Waals surface area contributed by atoms with Crippen LogP contribution in [0.25, 0.3) is 10.9 Å². The third-order valence-corrected chi connectivity index (χ3v) is 8.51. The fraction of sp³-hybridized carbons (Fsp3) is 0.393. The number of aryl methyl sites for hydroxylation is 1. The molecule has 1 saturated carbocycles. The van der Waals surface area contributed by atoms with Gasteiger partial charge in [-0.2, -0.15) is 5.26 Å². The van der Waals surface area contributed by atoms with Crippen molar-refractivity contribution in [1.82, 2.24) is 14.8 Å². The fourth-order valence-corrected chi connectivity index (χ4v) is 6.27. The zero-order valence-electron chi connectivity index (χ0n) is 19.9. The van der Waals surface area contributed by atoms with Gasteiger partial charge in [0.25, 0.3) is 0 Å². The lowest BCUT2D eigenvalue weighted by atomic mass is 9.94. The highest BCUT2D eigenvalue weighted by atomic mass is 32.2. The Hall–Kier alpha value is -2.88. The molecular formula is C28H31N5S. The SMILES string of the molecule is Cc1ccc2c(C(=N)N(C)CSCCCN3C[C@H]4C[C@@]4(c4ccc(C#N)cc4)C3)cccc2n1. The molecule has 3 aromatic rings. The van der Waals surface area contributed by atoms with Gasteiger partial charge in [-0.3, -0.25) is 10.4 Å². The highest BCUT2D eigenvalue weighted by molar-refractivity contribution is 7.99. The molecule has 2 heterocycles. The second kappa shape index (κ2) is 9.40. The van der Waals surface area contributed by atoms with E-state index in [4.69, 9.17) is 10.7 Å². The highest BCUT2D eigenvalue weighted by Crippen LogP contribution is 2.58. The summed E-state index contributed by atoms with van der Waals surface area (Å²) in [6.45, 7) is 5.48. The molecule has 0 amide bonds. The minimum Gasteiger partial charge on any atom is -0.350 e. The van der Waals surface area contributed by atoms with Gasteiger partial charge in [0, 0.05) is 42.2 Å². The Morgan fingerprint density at radius 3 is 2.85 bits per heavy atom. The molecule has 2 fully saturated rings. The Kier molecular flexibility index (Phi) is 6.33. The van der Waals surface area contributed by atoms with Crippen LogP contribution in [0.3, 0.4) is 0 Å². The first-order valence-electron chi connectivity index (χ1n) is 12.0. The summed E-state index contributed by atoms with van der Waals surface area (Å²) in [6.07, 6.45) is 2.46. The molecule has 1 aliphatic heterocycles. The number of hydrogen-bond acceptors (Lipinski definition) is 5. The van der Waals surface area contributed by atoms with Gasteiger partial charge in [0.1, 0.15) is 5.84 Å². The van der Waals surface area contributed by atoms with Crippen LogP contribution in [0, 0.1) is 29.6 Å². The van der Waals surface area contributed by atoms with Crippen molar-refractivity contribution in [3.05, 3.63) is 77.0 Å². The second-order valence-electron chi connectivity index (χ2n) is 9.74. The molecule has 0 bridgehead atoms. The van der Waals surface area contributed by atoms with Crippen LogP contribution in [-0.2, 0) is 5.41 Å². The maximum Gasteiger partial charge on any atom is 0.129 e. The summed E-state index contributed by atoms with van der Waals surface area (Å²) in [5.41, 5.74) is 5.38. The molecule has 1 aliphatic carbocycles. The molecule has 0 spiro atoms. The number of nitrogens with one attached hydrogen (secondary N) is 1. The fourth-order valence-electron chi connectivity index (χ4n) is 5.41. The van der Waals surface area contributed by atoms with Crippen molar-refractivity contribution in [3.63, 3.8) is 0 Å². The van der Waals surface area contributed by atoms with E-state index < -0.39 is 0 Å². The second-order valence-corrected chi connectivity index (χ2v) is 10.8. The third kappa shape index (κ3) is 4.43. The summed E-state index contributed by atoms with van der Waals surface area (Å²) in [6, 6.07) is 20.6. The Morgan fingerprint density at radius 1 is 1.24 bits per heavy atom. The van der Waals surface area contributed by atoms with Gasteiger partial charge < -0.3 is 9.80 Å². The van der Waals surface area contributed by atoms with Crippen molar-refractivity contribution >= 4 is 28.5 Å². The number of fused-ring (bicyclic) bond motifs is 2. The van der Waals surface area contributed by atoms with Crippen molar-refractivity contribution < 1.29 is 0 Å². The Balaban J connectivity index is 1.07. The molecule has 2 atom stereocenters. The van der Waals surface area contributed by atoms with Crippen LogP contribution in [0.2, 0.25) is 0 Å². The molecule has 6 heteroatoms. The minimum absolute atomic E-state index is 0.336. The number of amidine groups is 1. The number of piperidine rings is 1. The van der Waals surface area contributed by atoms with E-state index in [1.807, 2.05) is 67.0 Å². The predicted molar refractivity (Wildman–Crippen MR) is 140 cm³/mol. The van der Waals surface area contributed by atoms with Gasteiger partial charge in [0.2, 0.25) is 0 Å². The number of benzene rings is 2. The van der Waals surface area contributed by atoms with Crippen LogP contribution in [0.15, 0.2) is 54.6 Å². The van der Waals surface area contributed by atoms with Crippen LogP contribution < -0.4 is 0 Å². The molecule has 1 saturated heterocycles. The van der Waals surface area contributed by atoms with E-state index >= 15 is 0 Å². The molecule has 1 N–H and O–H groups in total. The third-order valence-electron chi connectivity index (χ3n) is 7.36. The van der Waals surface area contributed by atoms with E-state index in [0.717, 1.165) is 58.4 Å². The quantitative estimate of drug-likeness (QED) is 0.217. The van der Waals surface area contributed by atoms with Crippen LogP contribution in [0.4, 0.5) is 0 Å². The molecule has 1 aromatic heterocycles. The van der Waals surface area contributed by atoms with Gasteiger partial charge in [0.05, 0.1) is 23.0 Å². The van der Waals surface area contributed by atoms with Crippen molar-refractivity contribution in [2.45, 2.75) is 25.2 Å². The van der Waals surface area contributed by atoms with Crippen molar-refractivity contribution in [2.24, 2.45) is 5.92 Å². The summed E-state index contributed by atoms with van der Waals surface area (Å²) >= 11 is 1.90. The molecule has 0 radical (unpaired) electrons. The molecule has 5 nitrogen and oxygen atoms in total. The van der Waals surface area contributed by atoms with E-state index in [9.17, 15) is 0 Å². The number of rotatable bonds is 8. The van der Waals surface area contributed by atoms with E-state index in [0.29, 0.717) is 11.3 Å². The number of likely N-dealkylation sites (tertiary alicyclic amines) is 1. The molecule has 34 heavy (non-hydrogen) atoms. The number of nitrogens with zero attached hydrogens (tertiary/aromatic N) is 4. The largest absolute Gasteiger partial charge is 0.350 e. The highest BCUT2D eigenvalue weighted by Gasteiger charge is 2.60. The summed E-state index contributed by atoms with van der Waals surface area (Å²) in [5.74, 6) is 3.23. The van der Waals surface area contributed by atoms with Crippen molar-refractivity contribution in [2.75, 3.05) is 38.3 Å². The van der Waals surface area contributed by atoms with Gasteiger partial charge in [-0.15, -0.1) is 11.8 Å². The first-order valence-corrected chi connectivity index (χ1v) is 13.1. The van der Waals surface area contributed by atoms with Crippen molar-refractivity contribution in [3.8, 4) is 6.07 Å². The molecule has 2 aromatic carbocycles. The molecule has 5 rings (SSSR count). The number of aromatic nitrogens is 1. The van der Waals surface area contributed by atoms with Gasteiger partial charge in [-0.05, 0) is 67.8 Å². The molecule has 0 unspecified atom stereocenters. The Bertz CT molecular complexity index is 1250.